The zero-order valence-corrected chi connectivity index (χ0v) is 19.1. The van der Waals surface area contributed by atoms with Crippen LogP contribution in [0.25, 0.3) is 0 Å². The lowest BCUT2D eigenvalue weighted by Gasteiger charge is -2.26. The van der Waals surface area contributed by atoms with Crippen molar-refractivity contribution in [2.75, 3.05) is 33.1 Å². The number of anilines is 1. The van der Waals surface area contributed by atoms with E-state index < -0.39 is 0 Å². The summed E-state index contributed by atoms with van der Waals surface area (Å²) in [6.07, 6.45) is 3.37. The summed E-state index contributed by atoms with van der Waals surface area (Å²) in [5.41, 5.74) is 1.64. The van der Waals surface area contributed by atoms with Crippen molar-refractivity contribution in [3.63, 3.8) is 0 Å². The predicted molar refractivity (Wildman–Crippen MR) is 120 cm³/mol. The standard InChI is InChI=1S/C21H29N3O4.C2H6/c1-6-13(2)10-14(28-5)12-22-17-11-18(25)19(17)23-16-9-7-8-15(20(16)26)21(27)24(3)4;1-2/h7-10,13,22-23,26H,6,11-12H2,1-5H3;1-2H3/b14-10-;. The van der Waals surface area contributed by atoms with E-state index in [0.717, 1.165) is 17.9 Å². The fourth-order valence-electron chi connectivity index (χ4n) is 2.72. The van der Waals surface area contributed by atoms with Gasteiger partial charge in [-0.2, -0.15) is 0 Å². The van der Waals surface area contributed by atoms with Crippen molar-refractivity contribution in [3.05, 3.63) is 47.0 Å². The van der Waals surface area contributed by atoms with Gasteiger partial charge in [0.25, 0.3) is 5.91 Å². The maximum atomic E-state index is 12.2. The van der Waals surface area contributed by atoms with Gasteiger partial charge in [0.05, 0.1) is 31.3 Å². The molecule has 2 rings (SSSR count). The summed E-state index contributed by atoms with van der Waals surface area (Å²) in [5, 5.41) is 16.6. The number of allylic oxidation sites excluding steroid dienone is 3. The van der Waals surface area contributed by atoms with Crippen LogP contribution in [0.3, 0.4) is 0 Å². The molecule has 1 amide bonds. The fourth-order valence-corrected chi connectivity index (χ4v) is 2.72. The van der Waals surface area contributed by atoms with Crippen LogP contribution in [0.1, 0.15) is 50.9 Å². The molecule has 1 aliphatic rings. The summed E-state index contributed by atoms with van der Waals surface area (Å²) in [5.74, 6) is 0.661. The van der Waals surface area contributed by atoms with E-state index in [4.69, 9.17) is 4.74 Å². The molecule has 1 aliphatic carbocycles. The average molecular weight is 418 g/mol. The Morgan fingerprint density at radius 3 is 2.53 bits per heavy atom. The Balaban J connectivity index is 0.00000218. The van der Waals surface area contributed by atoms with Gasteiger partial charge in [-0.05, 0) is 30.5 Å². The number of nitrogens with one attached hydrogen (secondary N) is 2. The number of methoxy groups -OCH3 is 1. The first kappa shape index (κ1) is 25.1. The number of amides is 1. The summed E-state index contributed by atoms with van der Waals surface area (Å²) < 4.78 is 5.39. The Bertz CT molecular complexity index is 813. The second kappa shape index (κ2) is 11.9. The molecule has 1 aromatic carbocycles. The van der Waals surface area contributed by atoms with Crippen molar-refractivity contribution < 1.29 is 19.4 Å². The van der Waals surface area contributed by atoms with Crippen molar-refractivity contribution >= 4 is 17.4 Å². The maximum absolute atomic E-state index is 12.2. The van der Waals surface area contributed by atoms with Gasteiger partial charge in [-0.15, -0.1) is 0 Å². The molecule has 1 unspecified atom stereocenters. The molecule has 0 bridgehead atoms. The van der Waals surface area contributed by atoms with Gasteiger partial charge in [-0.25, -0.2) is 0 Å². The highest BCUT2D eigenvalue weighted by atomic mass is 16.5. The smallest absolute Gasteiger partial charge is 0.257 e. The largest absolute Gasteiger partial charge is 0.505 e. The molecule has 0 aliphatic heterocycles. The van der Waals surface area contributed by atoms with E-state index in [2.05, 4.69) is 30.6 Å². The van der Waals surface area contributed by atoms with Crippen LogP contribution in [0.2, 0.25) is 0 Å². The molecule has 1 atom stereocenters. The van der Waals surface area contributed by atoms with Crippen LogP contribution in [0.15, 0.2) is 41.4 Å². The number of Topliss-reactive ketones (excluding diaryl/α,β-unsaturated/α-hetero) is 1. The topological polar surface area (TPSA) is 90.9 Å². The first-order chi connectivity index (χ1) is 14.3. The normalized spacial score (nSPS) is 14.2. The third-order valence-electron chi connectivity index (χ3n) is 4.70. The number of phenolic OH excluding ortho intramolecular Hbond substituents is 1. The van der Waals surface area contributed by atoms with E-state index in [1.54, 1.807) is 39.4 Å². The Kier molecular flexibility index (Phi) is 9.95. The van der Waals surface area contributed by atoms with Crippen molar-refractivity contribution in [2.24, 2.45) is 5.92 Å². The number of hydrogen-bond acceptors (Lipinski definition) is 6. The molecule has 0 aromatic heterocycles. The van der Waals surface area contributed by atoms with Crippen molar-refractivity contribution in [1.29, 1.82) is 0 Å². The summed E-state index contributed by atoms with van der Waals surface area (Å²) >= 11 is 0. The van der Waals surface area contributed by atoms with Crippen LogP contribution in [0.4, 0.5) is 5.69 Å². The molecule has 3 N–H and O–H groups in total. The number of carbonyl (C=O) groups is 2. The van der Waals surface area contributed by atoms with E-state index in [0.29, 0.717) is 30.3 Å². The molecule has 166 valence electrons. The molecular formula is C23H35N3O4. The summed E-state index contributed by atoms with van der Waals surface area (Å²) in [6, 6.07) is 4.83. The van der Waals surface area contributed by atoms with E-state index in [1.165, 1.54) is 4.90 Å². The number of benzene rings is 1. The summed E-state index contributed by atoms with van der Waals surface area (Å²) in [4.78, 5) is 25.6. The molecule has 0 fully saturated rings. The molecule has 7 nitrogen and oxygen atoms in total. The first-order valence-corrected chi connectivity index (χ1v) is 10.3. The highest BCUT2D eigenvalue weighted by Crippen LogP contribution is 2.32. The Hall–Kier alpha value is -2.96. The van der Waals surface area contributed by atoms with Crippen LogP contribution in [-0.4, -0.2) is 49.4 Å². The third-order valence-corrected chi connectivity index (χ3v) is 4.70. The van der Waals surface area contributed by atoms with E-state index in [9.17, 15) is 14.7 Å². The Morgan fingerprint density at radius 2 is 2.00 bits per heavy atom. The quantitative estimate of drug-likeness (QED) is 0.417. The van der Waals surface area contributed by atoms with E-state index in [-0.39, 0.29) is 23.0 Å². The number of ether oxygens (including phenoxy) is 1. The minimum Gasteiger partial charge on any atom is -0.505 e. The fraction of sp³-hybridized carbons (Fsp3) is 0.478. The van der Waals surface area contributed by atoms with Crippen LogP contribution < -0.4 is 10.6 Å². The molecule has 0 heterocycles. The molecule has 0 saturated heterocycles. The van der Waals surface area contributed by atoms with Gasteiger partial charge in [0, 0.05) is 19.8 Å². The van der Waals surface area contributed by atoms with Crippen LogP contribution >= 0.6 is 0 Å². The van der Waals surface area contributed by atoms with Gasteiger partial charge in [-0.1, -0.05) is 33.8 Å². The van der Waals surface area contributed by atoms with E-state index >= 15 is 0 Å². The van der Waals surface area contributed by atoms with Crippen molar-refractivity contribution in [2.45, 2.75) is 40.5 Å². The molecule has 0 saturated carbocycles. The first-order valence-electron chi connectivity index (χ1n) is 10.3. The molecule has 7 heteroatoms. The third kappa shape index (κ3) is 6.27. The second-order valence-corrected chi connectivity index (χ2v) is 7.06. The molecular weight excluding hydrogens is 382 g/mol. The summed E-state index contributed by atoms with van der Waals surface area (Å²) in [6.45, 7) is 8.70. The molecule has 1 aromatic rings. The number of phenols is 1. The maximum Gasteiger partial charge on any atom is 0.257 e. The highest BCUT2D eigenvalue weighted by Gasteiger charge is 2.28. The predicted octanol–water partition coefficient (Wildman–Crippen LogP) is 3.88. The highest BCUT2D eigenvalue weighted by molar-refractivity contribution is 6.07. The van der Waals surface area contributed by atoms with Crippen LogP contribution in [0.5, 0.6) is 5.75 Å². The van der Waals surface area contributed by atoms with E-state index in [1.807, 2.05) is 13.8 Å². The monoisotopic (exact) mass is 417 g/mol. The number of rotatable bonds is 9. The Labute approximate surface area is 179 Å². The number of hydrogen-bond donors (Lipinski definition) is 3. The van der Waals surface area contributed by atoms with Gasteiger partial charge in [-0.3, -0.25) is 9.59 Å². The molecule has 0 radical (unpaired) electrons. The zero-order valence-electron chi connectivity index (χ0n) is 19.1. The molecule has 0 spiro atoms. The number of carbonyl (C=O) groups excluding carboxylic acids is 2. The zero-order chi connectivity index (χ0) is 22.8. The SMILES string of the molecule is CC.CCC(C)/C=C(/CNC1=C(Nc2cccc(C(=O)N(C)C)c2O)C(=O)C1)OC. The number of nitrogens with zero attached hydrogens (tertiary/aromatic N) is 1. The van der Waals surface area contributed by atoms with Gasteiger partial charge in [0.15, 0.2) is 11.5 Å². The lowest BCUT2D eigenvalue weighted by molar-refractivity contribution is -0.116. The number of ketones is 1. The summed E-state index contributed by atoms with van der Waals surface area (Å²) in [7, 11) is 4.85. The van der Waals surface area contributed by atoms with Crippen molar-refractivity contribution in [3.8, 4) is 5.75 Å². The average Bonchev–Trinajstić information content (AvgIpc) is 2.75. The number of aromatic hydroxyl groups is 1. The lowest BCUT2D eigenvalue weighted by atomic mass is 9.98. The van der Waals surface area contributed by atoms with Crippen LogP contribution in [-0.2, 0) is 9.53 Å². The second-order valence-electron chi connectivity index (χ2n) is 7.06. The van der Waals surface area contributed by atoms with Gasteiger partial charge < -0.3 is 25.4 Å². The van der Waals surface area contributed by atoms with Gasteiger partial charge in [0.1, 0.15) is 11.5 Å². The Morgan fingerprint density at radius 1 is 1.33 bits per heavy atom. The molecule has 30 heavy (non-hydrogen) atoms. The lowest BCUT2D eigenvalue weighted by Crippen LogP contribution is -2.33. The van der Waals surface area contributed by atoms with Gasteiger partial charge in [0.2, 0.25) is 0 Å². The minimum absolute atomic E-state index is 0.0592. The van der Waals surface area contributed by atoms with Crippen LogP contribution in [0, 0.1) is 5.92 Å². The van der Waals surface area contributed by atoms with Crippen molar-refractivity contribution in [1.82, 2.24) is 10.2 Å². The minimum atomic E-state index is -0.312. The van der Waals surface area contributed by atoms with Gasteiger partial charge >= 0.3 is 0 Å². The number of para-hydroxylation sites is 1.